The van der Waals surface area contributed by atoms with Crippen LogP contribution >= 0.6 is 0 Å². The molecule has 1 heterocycles. The van der Waals surface area contributed by atoms with Crippen molar-refractivity contribution in [2.45, 2.75) is 26.4 Å². The largest absolute Gasteiger partial charge is 0.492 e. The number of benzene rings is 1. The first-order valence-corrected chi connectivity index (χ1v) is 6.05. The minimum atomic E-state index is -4.33. The van der Waals surface area contributed by atoms with E-state index in [-0.39, 0.29) is 18.8 Å². The zero-order chi connectivity index (χ0) is 14.3. The summed E-state index contributed by atoms with van der Waals surface area (Å²) in [6.07, 6.45) is -4.59. The number of carbonyl (C=O) groups excluding carboxylic acids is 1. The van der Waals surface area contributed by atoms with Gasteiger partial charge in [-0.25, -0.2) is 0 Å². The molecule has 0 saturated carbocycles. The molecule has 0 amide bonds. The quantitative estimate of drug-likeness (QED) is 0.817. The molecule has 1 aromatic carbocycles. The Morgan fingerprint density at radius 2 is 1.89 bits per heavy atom. The Morgan fingerprint density at radius 1 is 1.26 bits per heavy atom. The molecule has 1 aromatic rings. The average Bonchev–Trinajstić information content (AvgIpc) is 2.31. The number of alkyl halides is 3. The van der Waals surface area contributed by atoms with Crippen molar-refractivity contribution in [1.29, 1.82) is 0 Å². The summed E-state index contributed by atoms with van der Waals surface area (Å²) in [5, 5.41) is 0. The number of rotatable bonds is 2. The maximum Gasteiger partial charge on any atom is 0.394 e. The second kappa shape index (κ2) is 4.54. The van der Waals surface area contributed by atoms with E-state index >= 15 is 0 Å². The van der Waals surface area contributed by atoms with Gasteiger partial charge in [-0.1, -0.05) is 26.0 Å². The van der Waals surface area contributed by atoms with Crippen molar-refractivity contribution in [3.8, 4) is 5.75 Å². The first-order valence-electron chi connectivity index (χ1n) is 6.05. The summed E-state index contributed by atoms with van der Waals surface area (Å²) < 4.78 is 44.0. The van der Waals surface area contributed by atoms with Crippen LogP contribution in [0.1, 0.15) is 30.6 Å². The Bertz CT molecular complexity index is 492. The maximum absolute atomic E-state index is 12.9. The molecule has 0 N–H and O–H groups in total. The molecule has 1 atom stereocenters. The molecule has 0 aliphatic carbocycles. The van der Waals surface area contributed by atoms with E-state index in [1.807, 2.05) is 0 Å². The number of para-hydroxylation sites is 1. The molecule has 0 aromatic heterocycles. The zero-order valence-electron chi connectivity index (χ0n) is 10.8. The number of halogens is 3. The first kappa shape index (κ1) is 13.9. The van der Waals surface area contributed by atoms with Gasteiger partial charge in [-0.15, -0.1) is 0 Å². The second-order valence-corrected chi connectivity index (χ2v) is 5.45. The summed E-state index contributed by atoms with van der Waals surface area (Å²) >= 11 is 0. The van der Waals surface area contributed by atoms with Crippen LogP contribution in [0.4, 0.5) is 13.2 Å². The van der Waals surface area contributed by atoms with Crippen molar-refractivity contribution in [3.05, 3.63) is 29.8 Å². The van der Waals surface area contributed by atoms with Crippen LogP contribution in [0, 0.1) is 11.3 Å². The van der Waals surface area contributed by atoms with Crippen molar-refractivity contribution in [3.63, 3.8) is 0 Å². The Morgan fingerprint density at radius 3 is 2.53 bits per heavy atom. The smallest absolute Gasteiger partial charge is 0.394 e. The van der Waals surface area contributed by atoms with E-state index in [4.69, 9.17) is 4.74 Å². The molecule has 0 radical (unpaired) electrons. The van der Waals surface area contributed by atoms with Crippen LogP contribution in [0.3, 0.4) is 0 Å². The summed E-state index contributed by atoms with van der Waals surface area (Å²) in [5.74, 6) is -0.556. The summed E-state index contributed by atoms with van der Waals surface area (Å²) in [4.78, 5) is 12.2. The molecule has 0 bridgehead atoms. The Kier molecular flexibility index (Phi) is 3.32. The van der Waals surface area contributed by atoms with E-state index < -0.39 is 17.5 Å². The van der Waals surface area contributed by atoms with E-state index in [1.165, 1.54) is 0 Å². The third kappa shape index (κ3) is 2.60. The van der Waals surface area contributed by atoms with Crippen LogP contribution in [0.25, 0.3) is 0 Å². The van der Waals surface area contributed by atoms with Crippen LogP contribution in [-0.4, -0.2) is 18.6 Å². The molecule has 5 heteroatoms. The lowest BCUT2D eigenvalue weighted by molar-refractivity contribution is -0.216. The summed E-state index contributed by atoms with van der Waals surface area (Å²) in [6, 6.07) is 6.65. The average molecular weight is 272 g/mol. The van der Waals surface area contributed by atoms with Gasteiger partial charge in [-0.2, -0.15) is 13.2 Å². The third-order valence-corrected chi connectivity index (χ3v) is 3.49. The van der Waals surface area contributed by atoms with Gasteiger partial charge >= 0.3 is 6.18 Å². The van der Waals surface area contributed by atoms with Gasteiger partial charge in [0.25, 0.3) is 0 Å². The second-order valence-electron chi connectivity index (χ2n) is 5.45. The molecule has 1 unspecified atom stereocenters. The number of Topliss-reactive ketones (excluding diaryl/α,β-unsaturated/α-hetero) is 1. The van der Waals surface area contributed by atoms with E-state index in [9.17, 15) is 18.0 Å². The van der Waals surface area contributed by atoms with Crippen molar-refractivity contribution in [2.75, 3.05) is 6.61 Å². The van der Waals surface area contributed by atoms with Gasteiger partial charge in [0.1, 0.15) is 5.75 Å². The van der Waals surface area contributed by atoms with Crippen molar-refractivity contribution < 1.29 is 22.7 Å². The Hall–Kier alpha value is -1.52. The fraction of sp³-hybridized carbons (Fsp3) is 0.500. The fourth-order valence-electron chi connectivity index (χ4n) is 2.17. The van der Waals surface area contributed by atoms with E-state index in [0.29, 0.717) is 11.3 Å². The van der Waals surface area contributed by atoms with Gasteiger partial charge in [0.05, 0.1) is 23.5 Å². The normalized spacial score (nSPS) is 19.8. The van der Waals surface area contributed by atoms with Gasteiger partial charge in [0.15, 0.2) is 5.78 Å². The first-order chi connectivity index (χ1) is 8.72. The molecular weight excluding hydrogens is 257 g/mol. The molecule has 0 saturated heterocycles. The highest BCUT2D eigenvalue weighted by molar-refractivity contribution is 6.01. The predicted octanol–water partition coefficient (Wildman–Crippen LogP) is 3.86. The topological polar surface area (TPSA) is 26.3 Å². The SMILES string of the molecule is CC(C)(CC1COc2ccccc2C1=O)C(F)(F)F. The van der Waals surface area contributed by atoms with Crippen LogP contribution < -0.4 is 4.74 Å². The van der Waals surface area contributed by atoms with Crippen molar-refractivity contribution in [2.24, 2.45) is 11.3 Å². The molecule has 104 valence electrons. The van der Waals surface area contributed by atoms with Crippen LogP contribution in [0.15, 0.2) is 24.3 Å². The van der Waals surface area contributed by atoms with E-state index in [1.54, 1.807) is 24.3 Å². The Labute approximate surface area is 109 Å². The molecule has 19 heavy (non-hydrogen) atoms. The minimum absolute atomic E-state index is 0.00928. The number of ketones is 1. The fourth-order valence-corrected chi connectivity index (χ4v) is 2.17. The summed E-state index contributed by atoms with van der Waals surface area (Å²) in [7, 11) is 0. The molecule has 2 rings (SSSR count). The number of fused-ring (bicyclic) bond motifs is 1. The van der Waals surface area contributed by atoms with Crippen molar-refractivity contribution in [1.82, 2.24) is 0 Å². The third-order valence-electron chi connectivity index (χ3n) is 3.49. The number of carbonyl (C=O) groups is 1. The summed E-state index contributed by atoms with van der Waals surface area (Å²) in [6.45, 7) is 2.23. The predicted molar refractivity (Wildman–Crippen MR) is 64.2 cm³/mol. The molecule has 2 nitrogen and oxygen atoms in total. The molecule has 1 aliphatic rings. The highest BCUT2D eigenvalue weighted by Gasteiger charge is 2.49. The highest BCUT2D eigenvalue weighted by Crippen LogP contribution is 2.44. The van der Waals surface area contributed by atoms with Crippen LogP contribution in [0.2, 0.25) is 0 Å². The van der Waals surface area contributed by atoms with Gasteiger partial charge in [-0.3, -0.25) is 4.79 Å². The summed E-state index contributed by atoms with van der Waals surface area (Å²) in [5.41, 5.74) is -1.53. The van der Waals surface area contributed by atoms with Gasteiger partial charge in [0.2, 0.25) is 0 Å². The lowest BCUT2D eigenvalue weighted by Gasteiger charge is -2.33. The zero-order valence-corrected chi connectivity index (χ0v) is 10.8. The van der Waals surface area contributed by atoms with E-state index in [2.05, 4.69) is 0 Å². The van der Waals surface area contributed by atoms with Gasteiger partial charge in [-0.05, 0) is 18.6 Å². The number of hydrogen-bond acceptors (Lipinski definition) is 2. The highest BCUT2D eigenvalue weighted by atomic mass is 19.4. The lowest BCUT2D eigenvalue weighted by Crippen LogP contribution is -2.39. The molecule has 1 aliphatic heterocycles. The molecule has 0 spiro atoms. The molecular formula is C14H15F3O2. The standard InChI is InChI=1S/C14H15F3O2/c1-13(2,14(15,16)17)7-9-8-19-11-6-4-3-5-10(11)12(9)18/h3-6,9H,7-8H2,1-2H3. The number of ether oxygens (including phenoxy) is 1. The monoisotopic (exact) mass is 272 g/mol. The number of hydrogen-bond donors (Lipinski definition) is 0. The van der Waals surface area contributed by atoms with Crippen LogP contribution in [0.5, 0.6) is 5.75 Å². The lowest BCUT2D eigenvalue weighted by atomic mass is 9.79. The van der Waals surface area contributed by atoms with Gasteiger partial charge in [0, 0.05) is 0 Å². The Balaban J connectivity index is 2.20. The molecule has 0 fully saturated rings. The maximum atomic E-state index is 12.9. The van der Waals surface area contributed by atoms with Crippen LogP contribution in [-0.2, 0) is 0 Å². The van der Waals surface area contributed by atoms with E-state index in [0.717, 1.165) is 13.8 Å². The van der Waals surface area contributed by atoms with Crippen molar-refractivity contribution >= 4 is 5.78 Å². The van der Waals surface area contributed by atoms with Gasteiger partial charge < -0.3 is 4.74 Å². The minimum Gasteiger partial charge on any atom is -0.492 e.